The van der Waals surface area contributed by atoms with Gasteiger partial charge in [0.2, 0.25) is 11.8 Å². The molecule has 0 spiro atoms. The number of nitrogens with zero attached hydrogens (tertiary/aromatic N) is 2. The van der Waals surface area contributed by atoms with Crippen LogP contribution in [0.2, 0.25) is 0 Å². The van der Waals surface area contributed by atoms with Crippen LogP contribution in [-0.2, 0) is 16.0 Å². The van der Waals surface area contributed by atoms with Gasteiger partial charge in [-0.2, -0.15) is 5.10 Å². The summed E-state index contributed by atoms with van der Waals surface area (Å²) in [4.78, 5) is 38.7. The Labute approximate surface area is 203 Å². The van der Waals surface area contributed by atoms with Crippen LogP contribution in [0.5, 0.6) is 0 Å². The van der Waals surface area contributed by atoms with E-state index in [9.17, 15) is 18.8 Å². The minimum atomic E-state index is -0.623. The zero-order valence-corrected chi connectivity index (χ0v) is 19.9. The number of imide groups is 1. The van der Waals surface area contributed by atoms with E-state index in [1.165, 1.54) is 31.4 Å². The van der Waals surface area contributed by atoms with Gasteiger partial charge >= 0.3 is 0 Å². The number of unbranched alkanes of at least 4 members (excludes halogenated alkanes) is 4. The van der Waals surface area contributed by atoms with E-state index in [1.54, 1.807) is 18.2 Å². The van der Waals surface area contributed by atoms with Crippen LogP contribution < -0.4 is 10.5 Å². The second kappa shape index (κ2) is 11.2. The van der Waals surface area contributed by atoms with Gasteiger partial charge in [0.1, 0.15) is 5.82 Å². The Kier molecular flexibility index (Phi) is 7.85. The number of amides is 2. The zero-order valence-electron chi connectivity index (χ0n) is 19.9. The van der Waals surface area contributed by atoms with Gasteiger partial charge in [-0.1, -0.05) is 62.6 Å². The summed E-state index contributed by atoms with van der Waals surface area (Å²) in [7, 11) is 0. The molecule has 1 atom stereocenters. The summed E-state index contributed by atoms with van der Waals surface area (Å²) in [5.41, 5.74) is 0.997. The number of halogens is 1. The minimum Gasteiger partial charge on any atom is -0.274 e. The fraction of sp³-hybridized carbons (Fsp3) is 0.357. The fourth-order valence-electron chi connectivity index (χ4n) is 4.54. The van der Waals surface area contributed by atoms with Crippen molar-refractivity contribution in [2.45, 2.75) is 58.3 Å². The molecule has 0 radical (unpaired) electrons. The van der Waals surface area contributed by atoms with Gasteiger partial charge in [0.15, 0.2) is 0 Å². The summed E-state index contributed by atoms with van der Waals surface area (Å²) >= 11 is 0. The van der Waals surface area contributed by atoms with Crippen molar-refractivity contribution in [3.63, 3.8) is 0 Å². The Morgan fingerprint density at radius 3 is 2.66 bits per heavy atom. The molecule has 1 aliphatic rings. The van der Waals surface area contributed by atoms with Gasteiger partial charge in [0, 0.05) is 18.2 Å². The van der Waals surface area contributed by atoms with E-state index in [0.29, 0.717) is 34.9 Å². The van der Waals surface area contributed by atoms with Crippen molar-refractivity contribution in [3.8, 4) is 0 Å². The summed E-state index contributed by atoms with van der Waals surface area (Å²) < 4.78 is 14.8. The number of allylic oxidation sites excluding steroid dienone is 2. The lowest BCUT2D eigenvalue weighted by atomic mass is 10.0. The van der Waals surface area contributed by atoms with Gasteiger partial charge in [0.05, 0.1) is 22.7 Å². The average Bonchev–Trinajstić information content (AvgIpc) is 3.14. The van der Waals surface area contributed by atoms with Crippen LogP contribution in [0.15, 0.2) is 59.4 Å². The molecule has 1 aromatic heterocycles. The third-order valence-corrected chi connectivity index (χ3v) is 6.45. The summed E-state index contributed by atoms with van der Waals surface area (Å²) in [6.45, 7) is 2.17. The van der Waals surface area contributed by atoms with E-state index in [0.717, 1.165) is 17.7 Å². The number of hydrogen-bond acceptors (Lipinski definition) is 4. The predicted octanol–water partition coefficient (Wildman–Crippen LogP) is 5.45. The second-order valence-corrected chi connectivity index (χ2v) is 9.03. The summed E-state index contributed by atoms with van der Waals surface area (Å²) in [5, 5.41) is 7.89. The molecule has 182 valence electrons. The van der Waals surface area contributed by atoms with Crippen molar-refractivity contribution in [2.75, 3.05) is 4.90 Å². The van der Waals surface area contributed by atoms with Gasteiger partial charge in [-0.05, 0) is 43.0 Å². The fourth-order valence-corrected chi connectivity index (χ4v) is 4.54. The molecule has 0 aliphatic carbocycles. The first-order chi connectivity index (χ1) is 17.0. The first-order valence-corrected chi connectivity index (χ1v) is 12.3. The molecule has 4 rings (SSSR count). The molecule has 1 N–H and O–H groups in total. The first-order valence-electron chi connectivity index (χ1n) is 12.3. The van der Waals surface area contributed by atoms with Crippen LogP contribution >= 0.6 is 0 Å². The van der Waals surface area contributed by atoms with Crippen LogP contribution in [0.4, 0.5) is 10.1 Å². The van der Waals surface area contributed by atoms with Crippen molar-refractivity contribution in [2.24, 2.45) is 5.92 Å². The molecule has 1 aliphatic heterocycles. The number of carbonyl (C=O) groups is 2. The van der Waals surface area contributed by atoms with Crippen LogP contribution in [0.1, 0.15) is 63.1 Å². The lowest BCUT2D eigenvalue weighted by molar-refractivity contribution is -0.122. The van der Waals surface area contributed by atoms with Crippen molar-refractivity contribution in [1.82, 2.24) is 10.2 Å². The second-order valence-electron chi connectivity index (χ2n) is 9.03. The van der Waals surface area contributed by atoms with Crippen LogP contribution in [0, 0.1) is 11.7 Å². The number of rotatable bonds is 10. The molecule has 2 heterocycles. The highest BCUT2D eigenvalue weighted by Crippen LogP contribution is 2.32. The number of aromatic amines is 1. The Balaban J connectivity index is 1.49. The number of hydrogen-bond donors (Lipinski definition) is 1. The highest BCUT2D eigenvalue weighted by atomic mass is 19.1. The van der Waals surface area contributed by atoms with Gasteiger partial charge in [-0.25, -0.2) is 14.4 Å². The topological polar surface area (TPSA) is 83.1 Å². The molecule has 0 saturated carbocycles. The van der Waals surface area contributed by atoms with E-state index >= 15 is 0 Å². The highest BCUT2D eigenvalue weighted by molar-refractivity contribution is 6.21. The molecule has 2 amide bonds. The van der Waals surface area contributed by atoms with E-state index in [2.05, 4.69) is 23.2 Å². The summed E-state index contributed by atoms with van der Waals surface area (Å²) in [5.74, 6) is -1.85. The standard InChI is InChI=1S/C28H30FN3O3/c1-2-3-4-5-6-7-8-11-20-18-26(33)32(28(20)35)25-17-19(14-15-23(25)29)16-24-21-12-9-10-13-22(21)27(34)31-30-24/h7-10,12-15,17,20H,2-6,11,16,18H2,1H3,(H,31,34)/b8-7+. The maximum absolute atomic E-state index is 14.8. The minimum absolute atomic E-state index is 0.0303. The third kappa shape index (κ3) is 5.56. The SMILES string of the molecule is CCCCCC/C=C/CC1CC(=O)N(c2cc(Cc3n[nH]c(=O)c4ccccc34)ccc2F)C1=O. The maximum atomic E-state index is 14.8. The van der Waals surface area contributed by atoms with E-state index in [-0.39, 0.29) is 29.5 Å². The van der Waals surface area contributed by atoms with Crippen molar-refractivity contribution in [3.05, 3.63) is 82.0 Å². The van der Waals surface area contributed by atoms with Crippen molar-refractivity contribution < 1.29 is 14.0 Å². The normalized spacial score (nSPS) is 16.2. The number of fused-ring (bicyclic) bond motifs is 1. The Bertz CT molecular complexity index is 1310. The van der Waals surface area contributed by atoms with Gasteiger partial charge in [0.25, 0.3) is 5.56 Å². The van der Waals surface area contributed by atoms with E-state index in [1.807, 2.05) is 18.2 Å². The molecule has 1 saturated heterocycles. The van der Waals surface area contributed by atoms with Crippen molar-refractivity contribution in [1.29, 1.82) is 0 Å². The molecule has 35 heavy (non-hydrogen) atoms. The molecule has 7 heteroatoms. The highest BCUT2D eigenvalue weighted by Gasteiger charge is 2.39. The molecular weight excluding hydrogens is 445 g/mol. The zero-order chi connectivity index (χ0) is 24.8. The first kappa shape index (κ1) is 24.5. The molecular formula is C28H30FN3O3. The lowest BCUT2D eigenvalue weighted by Gasteiger charge is -2.17. The van der Waals surface area contributed by atoms with Crippen LogP contribution in [0.25, 0.3) is 10.8 Å². The number of aromatic nitrogens is 2. The van der Waals surface area contributed by atoms with Crippen LogP contribution in [0.3, 0.4) is 0 Å². The maximum Gasteiger partial charge on any atom is 0.272 e. The van der Waals surface area contributed by atoms with Crippen molar-refractivity contribution >= 4 is 28.3 Å². The predicted molar refractivity (Wildman–Crippen MR) is 135 cm³/mol. The van der Waals surface area contributed by atoms with Gasteiger partial charge in [-0.3, -0.25) is 14.4 Å². The Morgan fingerprint density at radius 1 is 1.06 bits per heavy atom. The van der Waals surface area contributed by atoms with E-state index < -0.39 is 11.7 Å². The van der Waals surface area contributed by atoms with Gasteiger partial charge < -0.3 is 0 Å². The quantitative estimate of drug-likeness (QED) is 0.240. The molecule has 0 bridgehead atoms. The van der Waals surface area contributed by atoms with Crippen LogP contribution in [-0.4, -0.2) is 22.0 Å². The monoisotopic (exact) mass is 475 g/mol. The lowest BCUT2D eigenvalue weighted by Crippen LogP contribution is -2.31. The summed E-state index contributed by atoms with van der Waals surface area (Å²) in [6, 6.07) is 11.5. The molecule has 6 nitrogen and oxygen atoms in total. The Hall–Kier alpha value is -3.61. The smallest absolute Gasteiger partial charge is 0.272 e. The molecule has 3 aromatic rings. The molecule has 1 fully saturated rings. The number of nitrogens with one attached hydrogen (secondary N) is 1. The third-order valence-electron chi connectivity index (χ3n) is 6.45. The number of benzene rings is 2. The largest absolute Gasteiger partial charge is 0.274 e. The van der Waals surface area contributed by atoms with Gasteiger partial charge in [-0.15, -0.1) is 0 Å². The summed E-state index contributed by atoms with van der Waals surface area (Å²) in [6.07, 6.45) is 10.6. The number of H-pyrrole nitrogens is 1. The Morgan fingerprint density at radius 2 is 1.86 bits per heavy atom. The molecule has 2 aromatic carbocycles. The van der Waals surface area contributed by atoms with E-state index in [4.69, 9.17) is 0 Å². The number of anilines is 1. The molecule has 1 unspecified atom stereocenters. The average molecular weight is 476 g/mol. The number of carbonyl (C=O) groups excluding carboxylic acids is 2.